The van der Waals surface area contributed by atoms with Crippen LogP contribution in [0.4, 0.5) is 0 Å². The maximum atomic E-state index is 10.6. The van der Waals surface area contributed by atoms with Crippen molar-refractivity contribution in [2.24, 2.45) is 0 Å². The lowest BCUT2D eigenvalue weighted by molar-refractivity contribution is -0.132. The number of hydrogen-bond acceptors (Lipinski definition) is 3. The van der Waals surface area contributed by atoms with Crippen molar-refractivity contribution in [2.45, 2.75) is 6.42 Å². The van der Waals surface area contributed by atoms with Gasteiger partial charge in [-0.2, -0.15) is 0 Å². The summed E-state index contributed by atoms with van der Waals surface area (Å²) < 4.78 is 0. The Morgan fingerprint density at radius 3 is 2.46 bits per heavy atom. The molecule has 3 N–H and O–H groups in total. The molecule has 0 aliphatic heterocycles. The number of aliphatic carboxylic acids is 1. The Bertz CT molecular complexity index is 245. The van der Waals surface area contributed by atoms with Gasteiger partial charge in [-0.05, 0) is 6.08 Å². The van der Waals surface area contributed by atoms with Crippen LogP contribution in [0.5, 0.6) is 0 Å². The van der Waals surface area contributed by atoms with Crippen LogP contribution in [0.15, 0.2) is 24.4 Å². The molecule has 13 heavy (non-hydrogen) atoms. The van der Waals surface area contributed by atoms with E-state index in [4.69, 9.17) is 10.2 Å². The molecule has 0 spiro atoms. The monoisotopic (exact) mass is 185 g/mol. The second-order valence-electron chi connectivity index (χ2n) is 2.16. The summed E-state index contributed by atoms with van der Waals surface area (Å²) in [6.45, 7) is 2.92. The second kappa shape index (κ2) is 5.96. The zero-order valence-electron chi connectivity index (χ0n) is 6.99. The minimum absolute atomic E-state index is 0.00719. The fourth-order valence-electron chi connectivity index (χ4n) is 0.578. The number of aliphatic hydroxyl groups excluding tert-OH is 1. The van der Waals surface area contributed by atoms with Gasteiger partial charge in [0.25, 0.3) is 0 Å². The van der Waals surface area contributed by atoms with E-state index < -0.39 is 11.9 Å². The third-order valence-electron chi connectivity index (χ3n) is 1.23. The largest absolute Gasteiger partial charge is 0.478 e. The number of rotatable bonds is 5. The number of hydrogen-bond donors (Lipinski definition) is 3. The molecule has 0 aromatic carbocycles. The summed E-state index contributed by atoms with van der Waals surface area (Å²) in [6.07, 6.45) is 2.06. The number of nitrogens with one attached hydrogen (secondary N) is 1. The van der Waals surface area contributed by atoms with Gasteiger partial charge in [-0.25, -0.2) is 4.79 Å². The maximum Gasteiger partial charge on any atom is 0.333 e. The van der Waals surface area contributed by atoms with E-state index in [1.54, 1.807) is 0 Å². The molecule has 72 valence electrons. The molecule has 0 aromatic heterocycles. The smallest absolute Gasteiger partial charge is 0.333 e. The highest BCUT2D eigenvalue weighted by molar-refractivity contribution is 5.90. The summed E-state index contributed by atoms with van der Waals surface area (Å²) in [5.41, 5.74) is -0.0577. The van der Waals surface area contributed by atoms with Gasteiger partial charge in [-0.15, -0.1) is 0 Å². The van der Waals surface area contributed by atoms with Crippen LogP contribution < -0.4 is 5.32 Å². The molecule has 0 atom stereocenters. The third kappa shape index (κ3) is 4.76. The number of carbonyl (C=O) groups is 2. The van der Waals surface area contributed by atoms with Crippen LogP contribution in [-0.4, -0.2) is 28.7 Å². The summed E-state index contributed by atoms with van der Waals surface area (Å²) >= 11 is 0. The minimum Gasteiger partial charge on any atom is -0.478 e. The van der Waals surface area contributed by atoms with Crippen LogP contribution in [0.3, 0.4) is 0 Å². The zero-order valence-corrected chi connectivity index (χ0v) is 6.99. The Labute approximate surface area is 75.4 Å². The number of carbonyl (C=O) groups excluding carboxylic acids is 1. The fourth-order valence-corrected chi connectivity index (χ4v) is 0.578. The van der Waals surface area contributed by atoms with E-state index >= 15 is 0 Å². The minimum atomic E-state index is -1.17. The Kier molecular flexibility index (Phi) is 5.22. The predicted octanol–water partition coefficient (Wildman–Crippen LogP) is -0.361. The van der Waals surface area contributed by atoms with Gasteiger partial charge in [0.1, 0.15) is 0 Å². The molecule has 0 aliphatic carbocycles. The maximum absolute atomic E-state index is 10.6. The highest BCUT2D eigenvalue weighted by atomic mass is 16.4. The number of amides is 1. The van der Waals surface area contributed by atoms with E-state index in [1.807, 2.05) is 0 Å². The average Bonchev–Trinajstić information content (AvgIpc) is 2.11. The number of carboxylic acid groups (broad SMARTS) is 1. The molecule has 0 fully saturated rings. The van der Waals surface area contributed by atoms with Gasteiger partial charge < -0.3 is 15.5 Å². The van der Waals surface area contributed by atoms with Crippen LogP contribution in [0.1, 0.15) is 6.42 Å². The first-order valence-corrected chi connectivity index (χ1v) is 3.58. The van der Waals surface area contributed by atoms with Crippen molar-refractivity contribution >= 4 is 11.9 Å². The molecule has 0 bridgehead atoms. The Hall–Kier alpha value is -1.62. The van der Waals surface area contributed by atoms with Gasteiger partial charge in [-0.3, -0.25) is 4.79 Å². The number of aliphatic hydroxyl groups is 1. The molecule has 0 aromatic rings. The molecular weight excluding hydrogens is 174 g/mol. The quantitative estimate of drug-likeness (QED) is 0.510. The summed E-state index contributed by atoms with van der Waals surface area (Å²) in [7, 11) is 0. The Balaban J connectivity index is 4.27. The Morgan fingerprint density at radius 2 is 2.08 bits per heavy atom. The first-order valence-electron chi connectivity index (χ1n) is 3.58. The summed E-state index contributed by atoms with van der Waals surface area (Å²) in [5.74, 6) is -1.66. The first-order chi connectivity index (χ1) is 6.11. The standard InChI is InChI=1S/C8H11NO4/c1-2-7(11)9-5-6(3-4-10)8(12)13/h2,5,10H,1,3-4H2,(H,9,11)(H,12,13). The Morgan fingerprint density at radius 1 is 1.46 bits per heavy atom. The van der Waals surface area contributed by atoms with Gasteiger partial charge in [0.05, 0.1) is 5.57 Å². The van der Waals surface area contributed by atoms with E-state index in [9.17, 15) is 9.59 Å². The molecule has 0 rings (SSSR count). The lowest BCUT2D eigenvalue weighted by Crippen LogP contribution is -2.16. The van der Waals surface area contributed by atoms with E-state index in [0.717, 1.165) is 12.3 Å². The van der Waals surface area contributed by atoms with Crippen molar-refractivity contribution in [3.05, 3.63) is 24.4 Å². The van der Waals surface area contributed by atoms with Gasteiger partial charge >= 0.3 is 5.97 Å². The molecule has 5 heteroatoms. The van der Waals surface area contributed by atoms with Crippen molar-refractivity contribution in [3.8, 4) is 0 Å². The van der Waals surface area contributed by atoms with Crippen molar-refractivity contribution in [1.29, 1.82) is 0 Å². The lowest BCUT2D eigenvalue weighted by atomic mass is 10.2. The normalized spacial score (nSPS) is 10.7. The molecule has 0 aliphatic rings. The topological polar surface area (TPSA) is 86.6 Å². The zero-order chi connectivity index (χ0) is 10.3. The van der Waals surface area contributed by atoms with Crippen LogP contribution in [-0.2, 0) is 9.59 Å². The molecule has 0 unspecified atom stereocenters. The molecular formula is C8H11NO4. The van der Waals surface area contributed by atoms with Crippen molar-refractivity contribution in [3.63, 3.8) is 0 Å². The summed E-state index contributed by atoms with van der Waals surface area (Å²) in [5, 5.41) is 19.2. The van der Waals surface area contributed by atoms with Gasteiger partial charge in [-0.1, -0.05) is 6.58 Å². The molecule has 0 saturated carbocycles. The SMILES string of the molecule is C=CC(=O)NC=C(CCO)C(=O)O. The first kappa shape index (κ1) is 11.4. The van der Waals surface area contributed by atoms with Gasteiger partial charge in [0.2, 0.25) is 5.91 Å². The van der Waals surface area contributed by atoms with E-state index in [-0.39, 0.29) is 18.6 Å². The molecule has 0 radical (unpaired) electrons. The highest BCUT2D eigenvalue weighted by Crippen LogP contribution is 1.98. The van der Waals surface area contributed by atoms with E-state index in [2.05, 4.69) is 11.9 Å². The van der Waals surface area contributed by atoms with Crippen molar-refractivity contribution < 1.29 is 19.8 Å². The molecule has 1 amide bonds. The van der Waals surface area contributed by atoms with Crippen LogP contribution in [0.2, 0.25) is 0 Å². The van der Waals surface area contributed by atoms with Crippen LogP contribution >= 0.6 is 0 Å². The van der Waals surface area contributed by atoms with Crippen LogP contribution in [0, 0.1) is 0 Å². The summed E-state index contributed by atoms with van der Waals surface area (Å²) in [6, 6.07) is 0. The third-order valence-corrected chi connectivity index (χ3v) is 1.23. The van der Waals surface area contributed by atoms with E-state index in [0.29, 0.717) is 0 Å². The van der Waals surface area contributed by atoms with E-state index in [1.165, 1.54) is 0 Å². The number of carboxylic acids is 1. The fraction of sp³-hybridized carbons (Fsp3) is 0.250. The summed E-state index contributed by atoms with van der Waals surface area (Å²) in [4.78, 5) is 21.0. The predicted molar refractivity (Wildman–Crippen MR) is 45.8 cm³/mol. The highest BCUT2D eigenvalue weighted by Gasteiger charge is 2.05. The molecule has 0 heterocycles. The van der Waals surface area contributed by atoms with Gasteiger partial charge in [0, 0.05) is 19.2 Å². The van der Waals surface area contributed by atoms with Crippen LogP contribution in [0.25, 0.3) is 0 Å². The lowest BCUT2D eigenvalue weighted by Gasteiger charge is -1.99. The van der Waals surface area contributed by atoms with Gasteiger partial charge in [0.15, 0.2) is 0 Å². The second-order valence-corrected chi connectivity index (χ2v) is 2.16. The molecule has 5 nitrogen and oxygen atoms in total. The van der Waals surface area contributed by atoms with Crippen molar-refractivity contribution in [1.82, 2.24) is 5.32 Å². The average molecular weight is 185 g/mol. The molecule has 0 saturated heterocycles. The van der Waals surface area contributed by atoms with Crippen molar-refractivity contribution in [2.75, 3.05) is 6.61 Å².